The van der Waals surface area contributed by atoms with E-state index < -0.39 is 0 Å². The Hall–Kier alpha value is -2.06. The van der Waals surface area contributed by atoms with E-state index in [-0.39, 0.29) is 0 Å². The molecule has 0 atom stereocenters. The number of benzene rings is 1. The van der Waals surface area contributed by atoms with Gasteiger partial charge in [0.15, 0.2) is 0 Å². The summed E-state index contributed by atoms with van der Waals surface area (Å²) in [5.41, 5.74) is 8.76. The van der Waals surface area contributed by atoms with Crippen LogP contribution in [0.2, 0.25) is 0 Å². The SMILES string of the molecule is Cc1csc(CCNc2cccc(C#N)c2N)n1. The topological polar surface area (TPSA) is 74.7 Å². The molecule has 0 amide bonds. The summed E-state index contributed by atoms with van der Waals surface area (Å²) < 4.78 is 0. The second-order valence-electron chi connectivity index (χ2n) is 3.94. The zero-order valence-electron chi connectivity index (χ0n) is 10.1. The zero-order chi connectivity index (χ0) is 13.0. The summed E-state index contributed by atoms with van der Waals surface area (Å²) in [5, 5.41) is 15.3. The molecule has 18 heavy (non-hydrogen) atoms. The van der Waals surface area contributed by atoms with Gasteiger partial charge in [0.1, 0.15) is 6.07 Å². The summed E-state index contributed by atoms with van der Waals surface area (Å²) in [6.45, 7) is 2.74. The molecule has 1 heterocycles. The summed E-state index contributed by atoms with van der Waals surface area (Å²) in [7, 11) is 0. The molecule has 5 heteroatoms. The third-order valence-electron chi connectivity index (χ3n) is 2.55. The lowest BCUT2D eigenvalue weighted by Crippen LogP contribution is -2.07. The van der Waals surface area contributed by atoms with Crippen LogP contribution in [-0.2, 0) is 6.42 Å². The van der Waals surface area contributed by atoms with E-state index in [0.29, 0.717) is 11.3 Å². The van der Waals surface area contributed by atoms with Gasteiger partial charge in [-0.15, -0.1) is 11.3 Å². The van der Waals surface area contributed by atoms with Gasteiger partial charge >= 0.3 is 0 Å². The second-order valence-corrected chi connectivity index (χ2v) is 4.88. The Morgan fingerprint density at radius 1 is 1.50 bits per heavy atom. The molecule has 0 aliphatic rings. The van der Waals surface area contributed by atoms with Crippen LogP contribution in [0.25, 0.3) is 0 Å². The fraction of sp³-hybridized carbons (Fsp3) is 0.231. The predicted octanol–water partition coefficient (Wildman–Crippen LogP) is 2.56. The number of nitrogens with two attached hydrogens (primary N) is 1. The molecule has 2 aromatic rings. The van der Waals surface area contributed by atoms with Crippen molar-refractivity contribution >= 4 is 22.7 Å². The van der Waals surface area contributed by atoms with Crippen LogP contribution in [0.3, 0.4) is 0 Å². The fourth-order valence-corrected chi connectivity index (χ4v) is 2.41. The van der Waals surface area contributed by atoms with E-state index in [9.17, 15) is 0 Å². The van der Waals surface area contributed by atoms with Crippen LogP contribution in [0.15, 0.2) is 23.6 Å². The molecule has 0 saturated carbocycles. The van der Waals surface area contributed by atoms with Crippen molar-refractivity contribution in [2.45, 2.75) is 13.3 Å². The first-order valence-corrected chi connectivity index (χ1v) is 6.52. The van der Waals surface area contributed by atoms with E-state index in [4.69, 9.17) is 11.0 Å². The zero-order valence-corrected chi connectivity index (χ0v) is 10.9. The van der Waals surface area contributed by atoms with Gasteiger partial charge in [0.2, 0.25) is 0 Å². The van der Waals surface area contributed by atoms with Crippen LogP contribution < -0.4 is 11.1 Å². The van der Waals surface area contributed by atoms with Gasteiger partial charge in [-0.2, -0.15) is 5.26 Å². The Labute approximate surface area is 110 Å². The lowest BCUT2D eigenvalue weighted by molar-refractivity contribution is 0.987. The van der Waals surface area contributed by atoms with Gasteiger partial charge in [-0.3, -0.25) is 0 Å². The van der Waals surface area contributed by atoms with Crippen molar-refractivity contribution in [3.8, 4) is 6.07 Å². The van der Waals surface area contributed by atoms with Crippen molar-refractivity contribution < 1.29 is 0 Å². The summed E-state index contributed by atoms with van der Waals surface area (Å²) in [5.74, 6) is 0. The molecular formula is C13H14N4S. The van der Waals surface area contributed by atoms with Crippen LogP contribution in [0.1, 0.15) is 16.3 Å². The van der Waals surface area contributed by atoms with Crippen molar-refractivity contribution in [3.63, 3.8) is 0 Å². The Morgan fingerprint density at radius 3 is 3.00 bits per heavy atom. The first-order chi connectivity index (χ1) is 8.70. The molecule has 0 aliphatic heterocycles. The minimum Gasteiger partial charge on any atom is -0.396 e. The molecule has 0 saturated heterocycles. The average molecular weight is 258 g/mol. The standard InChI is InChI=1S/C13H14N4S/c1-9-8-18-12(17-9)5-6-16-11-4-2-3-10(7-14)13(11)15/h2-4,8,16H,5-6,15H2,1H3. The number of nitrogens with zero attached hydrogens (tertiary/aromatic N) is 2. The fourth-order valence-electron chi connectivity index (χ4n) is 1.64. The first kappa shape index (κ1) is 12.4. The minimum absolute atomic E-state index is 0.505. The van der Waals surface area contributed by atoms with Gasteiger partial charge < -0.3 is 11.1 Å². The average Bonchev–Trinajstić information content (AvgIpc) is 2.77. The number of thiazole rings is 1. The first-order valence-electron chi connectivity index (χ1n) is 5.64. The summed E-state index contributed by atoms with van der Waals surface area (Å²) in [6, 6.07) is 7.49. The number of nitrogens with one attached hydrogen (secondary N) is 1. The number of nitrogen functional groups attached to an aromatic ring is 1. The van der Waals surface area contributed by atoms with Gasteiger partial charge in [0.05, 0.1) is 21.9 Å². The molecule has 1 aromatic carbocycles. The van der Waals surface area contributed by atoms with E-state index in [1.54, 1.807) is 17.4 Å². The highest BCUT2D eigenvalue weighted by Gasteiger charge is 2.04. The van der Waals surface area contributed by atoms with Crippen LogP contribution in [0, 0.1) is 18.3 Å². The lowest BCUT2D eigenvalue weighted by atomic mass is 10.1. The second kappa shape index (κ2) is 5.52. The molecule has 0 spiro atoms. The monoisotopic (exact) mass is 258 g/mol. The maximum absolute atomic E-state index is 8.88. The van der Waals surface area contributed by atoms with Crippen LogP contribution in [0.5, 0.6) is 0 Å². The molecule has 0 radical (unpaired) electrons. The van der Waals surface area contributed by atoms with Crippen LogP contribution >= 0.6 is 11.3 Å². The quantitative estimate of drug-likeness (QED) is 0.826. The largest absolute Gasteiger partial charge is 0.396 e. The maximum Gasteiger partial charge on any atom is 0.101 e. The van der Waals surface area contributed by atoms with Crippen molar-refractivity contribution in [2.24, 2.45) is 0 Å². The molecule has 0 aliphatic carbocycles. The van der Waals surface area contributed by atoms with E-state index >= 15 is 0 Å². The number of nitriles is 1. The predicted molar refractivity (Wildman–Crippen MR) is 74.6 cm³/mol. The van der Waals surface area contributed by atoms with E-state index in [0.717, 1.165) is 29.4 Å². The molecule has 0 fully saturated rings. The summed E-state index contributed by atoms with van der Waals surface area (Å²) in [4.78, 5) is 4.39. The molecular weight excluding hydrogens is 244 g/mol. The van der Waals surface area contributed by atoms with Crippen LogP contribution in [-0.4, -0.2) is 11.5 Å². The van der Waals surface area contributed by atoms with E-state index in [1.807, 2.05) is 24.4 Å². The van der Waals surface area contributed by atoms with E-state index in [2.05, 4.69) is 16.4 Å². The van der Waals surface area contributed by atoms with Gasteiger partial charge in [0.25, 0.3) is 0 Å². The third-order valence-corrected chi connectivity index (χ3v) is 3.57. The number of para-hydroxylation sites is 1. The van der Waals surface area contributed by atoms with Gasteiger partial charge in [0, 0.05) is 24.0 Å². The normalized spacial score (nSPS) is 10.0. The van der Waals surface area contributed by atoms with Gasteiger partial charge in [-0.1, -0.05) is 6.07 Å². The van der Waals surface area contributed by atoms with E-state index in [1.165, 1.54) is 0 Å². The third kappa shape index (κ3) is 2.79. The number of aryl methyl sites for hydroxylation is 1. The Balaban J connectivity index is 1.97. The molecule has 0 bridgehead atoms. The van der Waals surface area contributed by atoms with Crippen molar-refractivity contribution in [2.75, 3.05) is 17.6 Å². The number of anilines is 2. The number of aromatic nitrogens is 1. The highest BCUT2D eigenvalue weighted by molar-refractivity contribution is 7.09. The maximum atomic E-state index is 8.88. The lowest BCUT2D eigenvalue weighted by Gasteiger charge is -2.09. The molecule has 1 aromatic heterocycles. The number of hydrogen-bond donors (Lipinski definition) is 2. The Morgan fingerprint density at radius 2 is 2.33 bits per heavy atom. The Bertz CT molecular complexity index is 583. The molecule has 2 rings (SSSR count). The Kier molecular flexibility index (Phi) is 3.80. The van der Waals surface area contributed by atoms with Crippen LogP contribution in [0.4, 0.5) is 11.4 Å². The van der Waals surface area contributed by atoms with Gasteiger partial charge in [-0.05, 0) is 19.1 Å². The van der Waals surface area contributed by atoms with Crippen molar-refractivity contribution in [3.05, 3.63) is 39.8 Å². The summed E-state index contributed by atoms with van der Waals surface area (Å²) >= 11 is 1.66. The highest BCUT2D eigenvalue weighted by atomic mass is 32.1. The molecule has 92 valence electrons. The number of hydrogen-bond acceptors (Lipinski definition) is 5. The van der Waals surface area contributed by atoms with Crippen molar-refractivity contribution in [1.29, 1.82) is 5.26 Å². The van der Waals surface area contributed by atoms with Crippen molar-refractivity contribution in [1.82, 2.24) is 4.98 Å². The highest BCUT2D eigenvalue weighted by Crippen LogP contribution is 2.22. The molecule has 4 nitrogen and oxygen atoms in total. The number of rotatable bonds is 4. The van der Waals surface area contributed by atoms with Gasteiger partial charge in [-0.25, -0.2) is 4.98 Å². The molecule has 3 N–H and O–H groups in total. The smallest absolute Gasteiger partial charge is 0.101 e. The summed E-state index contributed by atoms with van der Waals surface area (Å²) in [6.07, 6.45) is 0.856. The molecule has 0 unspecified atom stereocenters. The minimum atomic E-state index is 0.505.